The molecule has 1 aliphatic rings. The largest absolute Gasteiger partial charge is 0.378 e. The SMILES string of the molecule is CC.CC(C)n1cnnc1-c1cccc(NC(=O)c2ccc3cc(N4CCOCC4)cnc3c2)n1. The van der Waals surface area contributed by atoms with E-state index in [1.807, 2.05) is 48.9 Å². The zero-order chi connectivity index (χ0) is 24.8. The number of ether oxygens (including phenoxy) is 1. The van der Waals surface area contributed by atoms with Gasteiger partial charge >= 0.3 is 0 Å². The maximum atomic E-state index is 12.9. The summed E-state index contributed by atoms with van der Waals surface area (Å²) in [7, 11) is 0. The Labute approximate surface area is 205 Å². The van der Waals surface area contributed by atoms with E-state index in [0.717, 1.165) is 42.9 Å². The van der Waals surface area contributed by atoms with Crippen LogP contribution in [-0.4, -0.2) is 56.9 Å². The summed E-state index contributed by atoms with van der Waals surface area (Å²) in [6.07, 6.45) is 3.53. The molecule has 1 amide bonds. The van der Waals surface area contributed by atoms with E-state index in [1.165, 1.54) is 0 Å². The third-order valence-corrected chi connectivity index (χ3v) is 5.66. The number of anilines is 2. The van der Waals surface area contributed by atoms with Crippen LogP contribution >= 0.6 is 0 Å². The van der Waals surface area contributed by atoms with Gasteiger partial charge in [-0.15, -0.1) is 10.2 Å². The first-order valence-corrected chi connectivity index (χ1v) is 12.0. The summed E-state index contributed by atoms with van der Waals surface area (Å²) in [5.74, 6) is 0.865. The molecule has 35 heavy (non-hydrogen) atoms. The number of hydrogen-bond acceptors (Lipinski definition) is 7. The van der Waals surface area contributed by atoms with Crippen molar-refractivity contribution in [1.29, 1.82) is 0 Å². The van der Waals surface area contributed by atoms with E-state index >= 15 is 0 Å². The lowest BCUT2D eigenvalue weighted by atomic mass is 10.1. The van der Waals surface area contributed by atoms with Crippen LogP contribution in [0, 0.1) is 0 Å². The number of amides is 1. The standard InChI is InChI=1S/C24H25N7O2.C2H6/c1-16(2)31-15-26-29-23(31)20-4-3-5-22(27-20)28-24(32)18-7-6-17-12-19(14-25-21(17)13-18)30-8-10-33-11-9-30;1-2/h3-7,12-16H,8-11H2,1-2H3,(H,27,28,32);1-2H3. The Morgan fingerprint density at radius 1 is 1.09 bits per heavy atom. The third-order valence-electron chi connectivity index (χ3n) is 5.66. The van der Waals surface area contributed by atoms with Crippen LogP contribution < -0.4 is 10.2 Å². The van der Waals surface area contributed by atoms with Crippen LogP contribution in [0.25, 0.3) is 22.4 Å². The van der Waals surface area contributed by atoms with E-state index in [-0.39, 0.29) is 11.9 Å². The van der Waals surface area contributed by atoms with Crippen LogP contribution in [-0.2, 0) is 4.74 Å². The molecule has 182 valence electrons. The first-order valence-electron chi connectivity index (χ1n) is 12.0. The van der Waals surface area contributed by atoms with Gasteiger partial charge in [0.25, 0.3) is 5.91 Å². The number of nitrogens with one attached hydrogen (secondary N) is 1. The summed E-state index contributed by atoms with van der Waals surface area (Å²) in [6.45, 7) is 11.3. The Hall–Kier alpha value is -3.85. The van der Waals surface area contributed by atoms with Gasteiger partial charge in [-0.3, -0.25) is 9.78 Å². The average Bonchev–Trinajstić information content (AvgIpc) is 3.41. The van der Waals surface area contributed by atoms with E-state index in [2.05, 4.69) is 50.3 Å². The minimum Gasteiger partial charge on any atom is -0.378 e. The molecule has 0 saturated carbocycles. The second-order valence-electron chi connectivity index (χ2n) is 8.22. The Morgan fingerprint density at radius 3 is 2.66 bits per heavy atom. The molecule has 0 unspecified atom stereocenters. The number of fused-ring (bicyclic) bond motifs is 1. The summed E-state index contributed by atoms with van der Waals surface area (Å²) in [5.41, 5.74) is 3.01. The van der Waals surface area contributed by atoms with Crippen molar-refractivity contribution in [3.63, 3.8) is 0 Å². The second-order valence-corrected chi connectivity index (χ2v) is 8.22. The number of carbonyl (C=O) groups is 1. The zero-order valence-electron chi connectivity index (χ0n) is 20.6. The molecule has 1 saturated heterocycles. The molecular formula is C26H31N7O2. The van der Waals surface area contributed by atoms with Crippen LogP contribution in [0.15, 0.2) is 55.0 Å². The first-order chi connectivity index (χ1) is 17.1. The van der Waals surface area contributed by atoms with Crippen molar-refractivity contribution in [2.24, 2.45) is 0 Å². The lowest BCUT2D eigenvalue weighted by Gasteiger charge is -2.28. The average molecular weight is 474 g/mol. The number of pyridine rings is 2. The van der Waals surface area contributed by atoms with Crippen molar-refractivity contribution in [3.8, 4) is 11.5 Å². The molecule has 0 atom stereocenters. The highest BCUT2D eigenvalue weighted by molar-refractivity contribution is 6.05. The molecule has 3 aromatic heterocycles. The van der Waals surface area contributed by atoms with Gasteiger partial charge in [0.1, 0.15) is 17.8 Å². The second kappa shape index (κ2) is 11.1. The number of benzene rings is 1. The molecule has 5 rings (SSSR count). The molecule has 9 nitrogen and oxygen atoms in total. The summed E-state index contributed by atoms with van der Waals surface area (Å²) in [6, 6.07) is 13.3. The Morgan fingerprint density at radius 2 is 1.89 bits per heavy atom. The molecule has 0 aliphatic carbocycles. The number of morpholine rings is 1. The van der Waals surface area contributed by atoms with Crippen LogP contribution in [0.1, 0.15) is 44.1 Å². The molecule has 1 fully saturated rings. The smallest absolute Gasteiger partial charge is 0.256 e. The van der Waals surface area contributed by atoms with Gasteiger partial charge in [0.2, 0.25) is 0 Å². The van der Waals surface area contributed by atoms with Crippen LogP contribution in [0.4, 0.5) is 11.5 Å². The normalized spacial score (nSPS) is 13.5. The quantitative estimate of drug-likeness (QED) is 0.453. The van der Waals surface area contributed by atoms with E-state index in [4.69, 9.17) is 4.74 Å². The van der Waals surface area contributed by atoms with E-state index < -0.39 is 0 Å². The fraction of sp³-hybridized carbons (Fsp3) is 0.346. The fourth-order valence-electron chi connectivity index (χ4n) is 3.87. The molecule has 4 aromatic rings. The van der Waals surface area contributed by atoms with Gasteiger partial charge in [0.05, 0.1) is 30.6 Å². The van der Waals surface area contributed by atoms with Crippen molar-refractivity contribution < 1.29 is 9.53 Å². The van der Waals surface area contributed by atoms with Crippen molar-refractivity contribution >= 4 is 28.3 Å². The van der Waals surface area contributed by atoms with Crippen LogP contribution in [0.2, 0.25) is 0 Å². The van der Waals surface area contributed by atoms with E-state index in [9.17, 15) is 4.79 Å². The molecule has 0 bridgehead atoms. The third kappa shape index (κ3) is 5.46. The molecule has 9 heteroatoms. The topological polar surface area (TPSA) is 98.1 Å². The number of rotatable bonds is 5. The van der Waals surface area contributed by atoms with Crippen LogP contribution in [0.5, 0.6) is 0 Å². The highest BCUT2D eigenvalue weighted by atomic mass is 16.5. The van der Waals surface area contributed by atoms with Gasteiger partial charge in [0, 0.05) is 30.1 Å². The van der Waals surface area contributed by atoms with Crippen molar-refractivity contribution in [2.45, 2.75) is 33.7 Å². The summed E-state index contributed by atoms with van der Waals surface area (Å²) in [5, 5.41) is 12.0. The Balaban J connectivity index is 0.00000141. The van der Waals surface area contributed by atoms with Gasteiger partial charge < -0.3 is 19.5 Å². The minimum absolute atomic E-state index is 0.198. The lowest BCUT2D eigenvalue weighted by molar-refractivity contribution is 0.102. The monoisotopic (exact) mass is 473 g/mol. The van der Waals surface area contributed by atoms with Gasteiger partial charge in [-0.25, -0.2) is 4.98 Å². The molecule has 4 heterocycles. The minimum atomic E-state index is -0.245. The Bertz CT molecular complexity index is 1300. The molecule has 1 N–H and O–H groups in total. The maximum absolute atomic E-state index is 12.9. The van der Waals surface area contributed by atoms with Gasteiger partial charge in [-0.1, -0.05) is 26.0 Å². The van der Waals surface area contributed by atoms with Crippen molar-refractivity contribution in [1.82, 2.24) is 24.7 Å². The predicted molar refractivity (Wildman–Crippen MR) is 138 cm³/mol. The van der Waals surface area contributed by atoms with Gasteiger partial charge in [-0.2, -0.15) is 0 Å². The maximum Gasteiger partial charge on any atom is 0.256 e. The predicted octanol–water partition coefficient (Wildman–Crippen LogP) is 4.58. The van der Waals surface area contributed by atoms with Gasteiger partial charge in [-0.05, 0) is 44.2 Å². The molecule has 1 aliphatic heterocycles. The molecule has 0 radical (unpaired) electrons. The number of aromatic nitrogens is 5. The number of nitrogens with zero attached hydrogens (tertiary/aromatic N) is 6. The summed E-state index contributed by atoms with van der Waals surface area (Å²) >= 11 is 0. The van der Waals surface area contributed by atoms with Crippen molar-refractivity contribution in [2.75, 3.05) is 36.5 Å². The Kier molecular flexibility index (Phi) is 7.67. The summed E-state index contributed by atoms with van der Waals surface area (Å²) < 4.78 is 7.36. The van der Waals surface area contributed by atoms with Crippen LogP contribution in [0.3, 0.4) is 0 Å². The van der Waals surface area contributed by atoms with E-state index in [0.29, 0.717) is 22.9 Å². The van der Waals surface area contributed by atoms with Crippen molar-refractivity contribution in [3.05, 3.63) is 60.6 Å². The van der Waals surface area contributed by atoms with Gasteiger partial charge in [0.15, 0.2) is 5.82 Å². The lowest BCUT2D eigenvalue weighted by Crippen LogP contribution is -2.36. The highest BCUT2D eigenvalue weighted by Gasteiger charge is 2.15. The summed E-state index contributed by atoms with van der Waals surface area (Å²) in [4.78, 5) is 24.3. The highest BCUT2D eigenvalue weighted by Crippen LogP contribution is 2.23. The fourth-order valence-corrected chi connectivity index (χ4v) is 3.87. The number of hydrogen-bond donors (Lipinski definition) is 1. The molecule has 1 aromatic carbocycles. The number of carbonyl (C=O) groups excluding carboxylic acids is 1. The zero-order valence-corrected chi connectivity index (χ0v) is 20.6. The molecular weight excluding hydrogens is 442 g/mol. The molecule has 0 spiro atoms. The first kappa shape index (κ1) is 24.3. The van der Waals surface area contributed by atoms with E-state index in [1.54, 1.807) is 18.5 Å².